The zero-order valence-corrected chi connectivity index (χ0v) is 24.5. The van der Waals surface area contributed by atoms with Gasteiger partial charge in [0.15, 0.2) is 0 Å². The number of aliphatic imine (C=N–C) groups is 1. The molecule has 0 spiro atoms. The van der Waals surface area contributed by atoms with Crippen LogP contribution in [-0.2, 0) is 38.4 Å². The van der Waals surface area contributed by atoms with Crippen LogP contribution in [0.2, 0.25) is 0 Å². The molecule has 4 heterocycles. The lowest BCUT2D eigenvalue weighted by molar-refractivity contribution is -0.137. The first-order chi connectivity index (χ1) is 19.9. The summed E-state index contributed by atoms with van der Waals surface area (Å²) in [4.78, 5) is 58.8. The third kappa shape index (κ3) is 5.83. The van der Waals surface area contributed by atoms with E-state index in [0.29, 0.717) is 50.8 Å². The molecule has 0 radical (unpaired) electrons. The summed E-state index contributed by atoms with van der Waals surface area (Å²) in [6.45, 7) is 13.0. The summed E-state index contributed by atoms with van der Waals surface area (Å²) >= 11 is 0. The highest BCUT2D eigenvalue weighted by Gasteiger charge is 2.34. The monoisotopic (exact) mass is 572 g/mol. The lowest BCUT2D eigenvalue weighted by Gasteiger charge is -2.13. The zero-order chi connectivity index (χ0) is 30.9. The smallest absolute Gasteiger partial charge is 0.307 e. The highest BCUT2D eigenvalue weighted by molar-refractivity contribution is 6.31. The number of carboxylic acid groups (broad SMARTS) is 2. The minimum absolute atomic E-state index is 0.0296. The van der Waals surface area contributed by atoms with Crippen LogP contribution < -0.4 is 16.0 Å². The van der Waals surface area contributed by atoms with Crippen LogP contribution in [0, 0.1) is 19.8 Å². The quantitative estimate of drug-likeness (QED) is 0.274. The van der Waals surface area contributed by atoms with Crippen molar-refractivity contribution in [3.05, 3.63) is 79.8 Å². The summed E-state index contributed by atoms with van der Waals surface area (Å²) in [5, 5.41) is 23.3. The predicted octanol–water partition coefficient (Wildman–Crippen LogP) is 2.32. The normalized spacial score (nSPS) is 20.6. The first-order valence-corrected chi connectivity index (χ1v) is 13.8. The number of aromatic amines is 2. The van der Waals surface area contributed by atoms with E-state index in [1.54, 1.807) is 13.0 Å². The number of carbonyl (C=O) groups excluding carboxylic acids is 2. The van der Waals surface area contributed by atoms with Gasteiger partial charge in [-0.1, -0.05) is 18.7 Å². The second kappa shape index (κ2) is 12.0. The maximum absolute atomic E-state index is 12.4. The van der Waals surface area contributed by atoms with Crippen LogP contribution in [0.1, 0.15) is 60.8 Å². The summed E-state index contributed by atoms with van der Waals surface area (Å²) < 4.78 is 0. The summed E-state index contributed by atoms with van der Waals surface area (Å²) in [6, 6.07) is -0.182. The Morgan fingerprint density at radius 1 is 1.00 bits per heavy atom. The fraction of sp³-hybridized carbons (Fsp3) is 0.344. The third-order valence-electron chi connectivity index (χ3n) is 8.25. The fourth-order valence-corrected chi connectivity index (χ4v) is 5.79. The van der Waals surface area contributed by atoms with Crippen molar-refractivity contribution < 1.29 is 29.4 Å². The van der Waals surface area contributed by atoms with E-state index in [1.165, 1.54) is 6.08 Å². The van der Waals surface area contributed by atoms with Gasteiger partial charge >= 0.3 is 11.9 Å². The molecule has 2 amide bonds. The molecule has 10 heteroatoms. The van der Waals surface area contributed by atoms with E-state index in [2.05, 4.69) is 26.9 Å². The second-order valence-electron chi connectivity index (χ2n) is 10.8. The van der Waals surface area contributed by atoms with Gasteiger partial charge in [0.25, 0.3) is 5.91 Å². The number of hydrogen-bond acceptors (Lipinski definition) is 4. The molecule has 1 fully saturated rings. The number of hydrogen-bond donors (Lipinski definition) is 5. The Labute approximate surface area is 243 Å². The maximum Gasteiger partial charge on any atom is 0.307 e. The molecule has 220 valence electrons. The van der Waals surface area contributed by atoms with Crippen molar-refractivity contribution in [2.75, 3.05) is 0 Å². The van der Waals surface area contributed by atoms with E-state index in [9.17, 15) is 29.4 Å². The third-order valence-corrected chi connectivity index (χ3v) is 8.25. The molecular formula is C32H36N4O6. The molecule has 0 bridgehead atoms. The van der Waals surface area contributed by atoms with E-state index in [4.69, 9.17) is 0 Å². The van der Waals surface area contributed by atoms with Gasteiger partial charge in [0.2, 0.25) is 5.91 Å². The van der Waals surface area contributed by atoms with Gasteiger partial charge in [-0.05, 0) is 86.6 Å². The lowest BCUT2D eigenvalue weighted by Crippen LogP contribution is -2.28. The molecule has 0 aliphatic carbocycles. The lowest BCUT2D eigenvalue weighted by atomic mass is 9.94. The van der Waals surface area contributed by atoms with Crippen molar-refractivity contribution in [1.82, 2.24) is 15.3 Å². The van der Waals surface area contributed by atoms with Crippen LogP contribution in [0.4, 0.5) is 0 Å². The Balaban J connectivity index is 1.86. The van der Waals surface area contributed by atoms with Gasteiger partial charge in [-0.25, -0.2) is 4.99 Å². The molecule has 2 aliphatic rings. The average molecular weight is 573 g/mol. The first-order valence-electron chi connectivity index (χ1n) is 13.8. The maximum atomic E-state index is 12.4. The van der Waals surface area contributed by atoms with E-state index >= 15 is 0 Å². The molecule has 2 unspecified atom stereocenters. The number of carboxylic acids is 2. The van der Waals surface area contributed by atoms with Crippen molar-refractivity contribution in [2.45, 2.75) is 66.3 Å². The molecule has 2 aromatic heterocycles. The van der Waals surface area contributed by atoms with Crippen molar-refractivity contribution in [2.24, 2.45) is 10.9 Å². The molecule has 10 nitrogen and oxygen atoms in total. The number of H-pyrrole nitrogens is 2. The number of nitrogens with zero attached hydrogens (tertiary/aromatic N) is 1. The van der Waals surface area contributed by atoms with Gasteiger partial charge in [0.05, 0.1) is 24.1 Å². The minimum Gasteiger partial charge on any atom is -0.481 e. The van der Waals surface area contributed by atoms with Crippen LogP contribution in [0.5, 0.6) is 0 Å². The van der Waals surface area contributed by atoms with Gasteiger partial charge in [-0.2, -0.15) is 0 Å². The number of carbonyl (C=O) groups is 4. The van der Waals surface area contributed by atoms with Crippen LogP contribution in [0.3, 0.4) is 0 Å². The van der Waals surface area contributed by atoms with Crippen molar-refractivity contribution >= 4 is 41.6 Å². The number of aliphatic carboxylic acids is 2. The molecule has 2 aromatic rings. The molecule has 42 heavy (non-hydrogen) atoms. The molecular weight excluding hydrogens is 536 g/mol. The predicted molar refractivity (Wildman–Crippen MR) is 160 cm³/mol. The van der Waals surface area contributed by atoms with Crippen LogP contribution in [-0.4, -0.2) is 55.7 Å². The summed E-state index contributed by atoms with van der Waals surface area (Å²) in [7, 11) is 0. The fourth-order valence-electron chi connectivity index (χ4n) is 5.79. The topological polar surface area (TPSA) is 165 Å². The molecule has 0 saturated carbocycles. The van der Waals surface area contributed by atoms with Crippen LogP contribution in [0.25, 0.3) is 12.2 Å². The summed E-state index contributed by atoms with van der Waals surface area (Å²) in [6.07, 6.45) is 7.42. The second-order valence-corrected chi connectivity index (χ2v) is 10.8. The van der Waals surface area contributed by atoms with Crippen molar-refractivity contribution in [1.29, 1.82) is 0 Å². The average Bonchev–Trinajstić information content (AvgIpc) is 3.56. The number of allylic oxidation sites excluding steroid dienone is 2. The van der Waals surface area contributed by atoms with Crippen molar-refractivity contribution in [3.8, 4) is 0 Å². The van der Waals surface area contributed by atoms with E-state index in [-0.39, 0.29) is 43.0 Å². The molecule has 2 aliphatic heterocycles. The SMILES string of the molecule is C=CC1=C(C)C(C=c2[nH]c(=Cc3[nH]c(CC4NC(=O)C(C)C4=CC)c(C)c3CCC(=O)O)c(CC(=O)O)c2C)=NC1=O. The Kier molecular flexibility index (Phi) is 8.65. The molecule has 5 N–H and O–H groups in total. The summed E-state index contributed by atoms with van der Waals surface area (Å²) in [5.41, 5.74) is 7.10. The van der Waals surface area contributed by atoms with Gasteiger partial charge in [0.1, 0.15) is 0 Å². The van der Waals surface area contributed by atoms with E-state index in [1.807, 2.05) is 39.8 Å². The van der Waals surface area contributed by atoms with Gasteiger partial charge in [-0.3, -0.25) is 19.2 Å². The zero-order valence-electron chi connectivity index (χ0n) is 24.5. The molecule has 4 rings (SSSR count). The van der Waals surface area contributed by atoms with Crippen LogP contribution in [0.15, 0.2) is 40.4 Å². The first kappa shape index (κ1) is 30.2. The highest BCUT2D eigenvalue weighted by atomic mass is 16.4. The number of rotatable bonds is 10. The number of aromatic nitrogens is 2. The Morgan fingerprint density at radius 2 is 1.71 bits per heavy atom. The van der Waals surface area contributed by atoms with E-state index < -0.39 is 11.9 Å². The number of amides is 2. The standard InChI is InChI=1S/C32H36N4O6/c1-7-19-18(6)31(41)36-26(19)13-24-16(4)21(9-10-29(37)38)27(33-24)14-28-22(11-30(39)40)17(5)23(34-28)12-25-15(3)20(8-2)32(42)35-25/h7-8,12,14,18,26,33-34H,2,9-11,13H2,1,3-6H3,(H,36,41)(H,37,38)(H,39,40). The number of nitrogens with one attached hydrogen (secondary N) is 3. The van der Waals surface area contributed by atoms with Gasteiger partial charge < -0.3 is 25.5 Å². The van der Waals surface area contributed by atoms with Gasteiger partial charge in [-0.15, -0.1) is 0 Å². The largest absolute Gasteiger partial charge is 0.481 e. The Morgan fingerprint density at radius 3 is 2.31 bits per heavy atom. The highest BCUT2D eigenvalue weighted by Crippen LogP contribution is 2.28. The Hall–Kier alpha value is -4.73. The summed E-state index contributed by atoms with van der Waals surface area (Å²) in [5.74, 6) is -2.55. The van der Waals surface area contributed by atoms with E-state index in [0.717, 1.165) is 22.4 Å². The molecule has 0 aromatic carbocycles. The Bertz CT molecular complexity index is 1730. The van der Waals surface area contributed by atoms with Crippen molar-refractivity contribution in [3.63, 3.8) is 0 Å². The minimum atomic E-state index is -1.00. The molecule has 1 saturated heterocycles. The van der Waals surface area contributed by atoms with Gasteiger partial charge in [0, 0.05) is 40.5 Å². The van der Waals surface area contributed by atoms with Crippen LogP contribution >= 0.6 is 0 Å². The molecule has 2 atom stereocenters.